The van der Waals surface area contributed by atoms with Crippen LogP contribution in [0.1, 0.15) is 13.3 Å². The summed E-state index contributed by atoms with van der Waals surface area (Å²) in [6, 6.07) is 0. The fourth-order valence-electron chi connectivity index (χ4n) is 0.931. The minimum Gasteiger partial charge on any atom is -0.358 e. The van der Waals surface area contributed by atoms with Crippen molar-refractivity contribution in [2.24, 2.45) is 0 Å². The molecule has 0 saturated heterocycles. The summed E-state index contributed by atoms with van der Waals surface area (Å²) >= 11 is 5.61. The van der Waals surface area contributed by atoms with E-state index >= 15 is 0 Å². The van der Waals surface area contributed by atoms with Crippen molar-refractivity contribution in [1.29, 1.82) is 0 Å². The molecule has 0 aliphatic rings. The highest BCUT2D eigenvalue weighted by molar-refractivity contribution is 6.32. The number of allylic oxidation sites excluding steroid dienone is 1. The summed E-state index contributed by atoms with van der Waals surface area (Å²) in [6.45, 7) is 6.17. The van der Waals surface area contributed by atoms with Crippen molar-refractivity contribution in [3.8, 4) is 0 Å². The van der Waals surface area contributed by atoms with Crippen LogP contribution in [-0.2, 0) is 6.54 Å². The van der Waals surface area contributed by atoms with Gasteiger partial charge in [-0.05, 0) is 18.3 Å². The van der Waals surface area contributed by atoms with Crippen LogP contribution >= 0.6 is 11.6 Å². The lowest BCUT2D eigenvalue weighted by atomic mass is 10.2. The van der Waals surface area contributed by atoms with Crippen molar-refractivity contribution in [3.05, 3.63) is 33.5 Å². The molecule has 1 aromatic rings. The van der Waals surface area contributed by atoms with Gasteiger partial charge in [0, 0.05) is 0 Å². The third kappa shape index (κ3) is 2.56. The first-order valence-electron chi connectivity index (χ1n) is 4.02. The molecular weight excluding hydrogens is 206 g/mol. The SMILES string of the molecule is C=C(C)CCn1cc(Cl)c([N+](=O)[O-])n1. The molecule has 0 saturated carbocycles. The predicted octanol–water partition coefficient (Wildman–Crippen LogP) is 2.41. The zero-order valence-corrected chi connectivity index (χ0v) is 8.49. The number of halogens is 1. The van der Waals surface area contributed by atoms with Crippen LogP contribution in [0.4, 0.5) is 5.82 Å². The van der Waals surface area contributed by atoms with Gasteiger partial charge >= 0.3 is 5.82 Å². The Labute approximate surface area is 86.1 Å². The Morgan fingerprint density at radius 3 is 2.93 bits per heavy atom. The van der Waals surface area contributed by atoms with Crippen LogP contribution in [0.2, 0.25) is 5.02 Å². The van der Waals surface area contributed by atoms with Gasteiger partial charge in [-0.1, -0.05) is 17.2 Å². The van der Waals surface area contributed by atoms with E-state index in [0.717, 1.165) is 12.0 Å². The van der Waals surface area contributed by atoms with E-state index < -0.39 is 4.92 Å². The Bertz CT molecular complexity index is 373. The Hall–Kier alpha value is -1.36. The zero-order chi connectivity index (χ0) is 10.7. The van der Waals surface area contributed by atoms with Gasteiger partial charge in [0.05, 0.1) is 17.8 Å². The standard InChI is InChI=1S/C8H10ClN3O2/c1-6(2)3-4-11-5-7(9)8(10-11)12(13)14/h5H,1,3-4H2,2H3. The third-order valence-corrected chi connectivity index (χ3v) is 1.91. The van der Waals surface area contributed by atoms with E-state index in [1.807, 2.05) is 6.92 Å². The van der Waals surface area contributed by atoms with Gasteiger partial charge in [0.1, 0.15) is 0 Å². The molecule has 1 rings (SSSR count). The molecule has 76 valence electrons. The lowest BCUT2D eigenvalue weighted by Gasteiger charge is -1.94. The van der Waals surface area contributed by atoms with E-state index in [-0.39, 0.29) is 10.8 Å². The Morgan fingerprint density at radius 1 is 1.86 bits per heavy atom. The molecule has 14 heavy (non-hydrogen) atoms. The monoisotopic (exact) mass is 215 g/mol. The van der Waals surface area contributed by atoms with Crippen LogP contribution in [0, 0.1) is 10.1 Å². The number of rotatable bonds is 4. The molecule has 1 heterocycles. The van der Waals surface area contributed by atoms with Crippen molar-refractivity contribution in [2.75, 3.05) is 0 Å². The van der Waals surface area contributed by atoms with Crippen molar-refractivity contribution in [1.82, 2.24) is 9.78 Å². The second kappa shape index (κ2) is 4.23. The second-order valence-electron chi connectivity index (χ2n) is 3.03. The molecule has 0 unspecified atom stereocenters. The molecule has 0 radical (unpaired) electrons. The highest BCUT2D eigenvalue weighted by atomic mass is 35.5. The summed E-state index contributed by atoms with van der Waals surface area (Å²) in [5.74, 6) is -0.298. The Kier molecular flexibility index (Phi) is 3.24. The van der Waals surface area contributed by atoms with E-state index in [1.165, 1.54) is 10.9 Å². The second-order valence-corrected chi connectivity index (χ2v) is 3.44. The Balaban J connectivity index is 2.76. The molecule has 0 atom stereocenters. The average Bonchev–Trinajstić information content (AvgIpc) is 2.43. The van der Waals surface area contributed by atoms with Crippen LogP contribution in [0.5, 0.6) is 0 Å². The van der Waals surface area contributed by atoms with E-state index in [9.17, 15) is 10.1 Å². The maximum Gasteiger partial charge on any atom is 0.408 e. The molecule has 0 aromatic carbocycles. The molecule has 0 aliphatic heterocycles. The molecule has 0 fully saturated rings. The summed E-state index contributed by atoms with van der Waals surface area (Å²) in [4.78, 5) is 9.80. The summed E-state index contributed by atoms with van der Waals surface area (Å²) < 4.78 is 1.45. The third-order valence-electron chi connectivity index (χ3n) is 1.64. The predicted molar refractivity (Wildman–Crippen MR) is 53.3 cm³/mol. The normalized spacial score (nSPS) is 10.1. The van der Waals surface area contributed by atoms with E-state index in [2.05, 4.69) is 11.7 Å². The maximum absolute atomic E-state index is 10.4. The highest BCUT2D eigenvalue weighted by Crippen LogP contribution is 2.21. The number of aromatic nitrogens is 2. The van der Waals surface area contributed by atoms with Crippen LogP contribution in [-0.4, -0.2) is 14.7 Å². The van der Waals surface area contributed by atoms with Gasteiger partial charge in [-0.2, -0.15) is 4.68 Å². The van der Waals surface area contributed by atoms with Crippen molar-refractivity contribution < 1.29 is 4.92 Å². The minimum atomic E-state index is -0.598. The van der Waals surface area contributed by atoms with Crippen LogP contribution in [0.15, 0.2) is 18.3 Å². The Morgan fingerprint density at radius 2 is 2.50 bits per heavy atom. The molecule has 0 bridgehead atoms. The summed E-state index contributed by atoms with van der Waals surface area (Å²) in [6.07, 6.45) is 2.18. The number of hydrogen-bond acceptors (Lipinski definition) is 3. The van der Waals surface area contributed by atoms with Gasteiger partial charge in [-0.25, -0.2) is 0 Å². The van der Waals surface area contributed by atoms with Gasteiger partial charge in [-0.15, -0.1) is 6.58 Å². The lowest BCUT2D eigenvalue weighted by molar-refractivity contribution is -0.389. The van der Waals surface area contributed by atoms with E-state index in [0.29, 0.717) is 6.54 Å². The molecule has 0 spiro atoms. The largest absolute Gasteiger partial charge is 0.408 e. The molecule has 0 amide bonds. The first kappa shape index (κ1) is 10.7. The topological polar surface area (TPSA) is 61.0 Å². The van der Waals surface area contributed by atoms with Crippen LogP contribution < -0.4 is 0 Å². The van der Waals surface area contributed by atoms with Gasteiger partial charge in [0.25, 0.3) is 0 Å². The van der Waals surface area contributed by atoms with Crippen LogP contribution in [0.3, 0.4) is 0 Å². The lowest BCUT2D eigenvalue weighted by Crippen LogP contribution is -1.99. The summed E-state index contributed by atoms with van der Waals surface area (Å²) in [5.41, 5.74) is 0.999. The minimum absolute atomic E-state index is 0.0664. The molecule has 5 nitrogen and oxygen atoms in total. The quantitative estimate of drug-likeness (QED) is 0.440. The first-order chi connectivity index (χ1) is 6.50. The fraction of sp³-hybridized carbons (Fsp3) is 0.375. The molecule has 0 N–H and O–H groups in total. The first-order valence-corrected chi connectivity index (χ1v) is 4.40. The van der Waals surface area contributed by atoms with Crippen molar-refractivity contribution >= 4 is 17.4 Å². The van der Waals surface area contributed by atoms with Crippen molar-refractivity contribution in [3.63, 3.8) is 0 Å². The zero-order valence-electron chi connectivity index (χ0n) is 7.73. The summed E-state index contributed by atoms with van der Waals surface area (Å²) in [7, 11) is 0. The maximum atomic E-state index is 10.4. The van der Waals surface area contributed by atoms with Crippen molar-refractivity contribution in [2.45, 2.75) is 19.9 Å². The number of nitrogens with zero attached hydrogens (tertiary/aromatic N) is 3. The van der Waals surface area contributed by atoms with Gasteiger partial charge in [-0.3, -0.25) is 0 Å². The van der Waals surface area contributed by atoms with Gasteiger partial charge in [0.2, 0.25) is 0 Å². The smallest absolute Gasteiger partial charge is 0.358 e. The fourth-order valence-corrected chi connectivity index (χ4v) is 1.15. The number of nitro groups is 1. The highest BCUT2D eigenvalue weighted by Gasteiger charge is 2.18. The van der Waals surface area contributed by atoms with Gasteiger partial charge in [0.15, 0.2) is 5.02 Å². The van der Waals surface area contributed by atoms with E-state index in [1.54, 1.807) is 0 Å². The molecular formula is C8H10ClN3O2. The number of aryl methyl sites for hydroxylation is 1. The molecule has 0 aliphatic carbocycles. The average molecular weight is 216 g/mol. The van der Waals surface area contributed by atoms with Crippen LogP contribution in [0.25, 0.3) is 0 Å². The van der Waals surface area contributed by atoms with E-state index in [4.69, 9.17) is 11.6 Å². The molecule has 6 heteroatoms. The van der Waals surface area contributed by atoms with Gasteiger partial charge < -0.3 is 10.1 Å². The summed E-state index contributed by atoms with van der Waals surface area (Å²) in [5, 5.41) is 14.2. The molecule has 1 aromatic heterocycles. The number of hydrogen-bond donors (Lipinski definition) is 0.